The van der Waals surface area contributed by atoms with Crippen LogP contribution in [0.1, 0.15) is 18.4 Å². The molecule has 1 aliphatic rings. The molecule has 0 bridgehead atoms. The number of pyridine rings is 1. The number of nitro benzene ring substituents is 1. The van der Waals surface area contributed by atoms with Crippen molar-refractivity contribution in [1.29, 1.82) is 0 Å². The van der Waals surface area contributed by atoms with Gasteiger partial charge in [-0.2, -0.15) is 0 Å². The SMILES string of the molecule is O=C(O)CCCN1C(=O)C(=Cc2cc([N+](=O)[O-])ccc2Nc2ccccn2)SC1=S. The second-order valence-corrected chi connectivity index (χ2v) is 7.88. The Balaban J connectivity index is 1.89. The molecule has 1 saturated heterocycles. The van der Waals surface area contributed by atoms with Gasteiger partial charge in [-0.3, -0.25) is 24.6 Å². The van der Waals surface area contributed by atoms with Crippen LogP contribution in [-0.2, 0) is 9.59 Å². The minimum Gasteiger partial charge on any atom is -0.481 e. The highest BCUT2D eigenvalue weighted by Gasteiger charge is 2.32. The average Bonchev–Trinajstić information content (AvgIpc) is 2.97. The maximum absolute atomic E-state index is 12.7. The van der Waals surface area contributed by atoms with Crippen molar-refractivity contribution in [3.05, 3.63) is 63.2 Å². The number of nitrogens with one attached hydrogen (secondary N) is 1. The molecule has 3 rings (SSSR count). The normalized spacial score (nSPS) is 14.9. The summed E-state index contributed by atoms with van der Waals surface area (Å²) in [5.41, 5.74) is 0.848. The molecule has 2 N–H and O–H groups in total. The highest BCUT2D eigenvalue weighted by molar-refractivity contribution is 8.26. The van der Waals surface area contributed by atoms with Gasteiger partial charge in [-0.1, -0.05) is 30.0 Å². The summed E-state index contributed by atoms with van der Waals surface area (Å²) in [6.45, 7) is 0.197. The monoisotopic (exact) mass is 444 g/mol. The predicted octanol–water partition coefficient (Wildman–Crippen LogP) is 3.80. The number of hydrogen-bond donors (Lipinski definition) is 2. The lowest BCUT2D eigenvalue weighted by molar-refractivity contribution is -0.384. The number of benzene rings is 1. The van der Waals surface area contributed by atoms with Crippen LogP contribution in [0, 0.1) is 10.1 Å². The van der Waals surface area contributed by atoms with Crippen LogP contribution in [-0.4, -0.2) is 42.7 Å². The van der Waals surface area contributed by atoms with Gasteiger partial charge in [0, 0.05) is 42.5 Å². The van der Waals surface area contributed by atoms with Gasteiger partial charge in [0.1, 0.15) is 10.1 Å². The van der Waals surface area contributed by atoms with Gasteiger partial charge >= 0.3 is 5.97 Å². The Morgan fingerprint density at radius 3 is 2.83 bits per heavy atom. The minimum absolute atomic E-state index is 0.0703. The van der Waals surface area contributed by atoms with Crippen LogP contribution in [0.15, 0.2) is 47.5 Å². The van der Waals surface area contributed by atoms with Crippen LogP contribution in [0.4, 0.5) is 17.2 Å². The van der Waals surface area contributed by atoms with E-state index in [1.807, 2.05) is 0 Å². The molecule has 154 valence electrons. The van der Waals surface area contributed by atoms with Crippen molar-refractivity contribution in [2.24, 2.45) is 0 Å². The first kappa shape index (κ1) is 21.4. The van der Waals surface area contributed by atoms with E-state index in [1.165, 1.54) is 23.1 Å². The number of aliphatic carboxylic acids is 1. The Morgan fingerprint density at radius 2 is 2.17 bits per heavy atom. The number of carbonyl (C=O) groups excluding carboxylic acids is 1. The highest BCUT2D eigenvalue weighted by atomic mass is 32.2. The second-order valence-electron chi connectivity index (χ2n) is 6.20. The van der Waals surface area contributed by atoms with Crippen LogP contribution in [0.5, 0.6) is 0 Å². The molecule has 2 heterocycles. The van der Waals surface area contributed by atoms with Crippen molar-refractivity contribution >= 4 is 63.4 Å². The molecule has 1 aliphatic heterocycles. The standard InChI is InChI=1S/C19H16N4O5S2/c24-17(25)5-3-9-22-18(26)15(30-19(22)29)11-12-10-13(23(27)28)6-7-14(12)21-16-4-1-2-8-20-16/h1-2,4,6-8,10-11H,3,5,9H2,(H,20,21)(H,24,25). The van der Waals surface area contributed by atoms with Gasteiger partial charge in [-0.15, -0.1) is 0 Å². The number of carboxylic acid groups (broad SMARTS) is 1. The number of nitrogens with zero attached hydrogens (tertiary/aromatic N) is 3. The molecular formula is C19H16N4O5S2. The number of thiocarbonyl (C=S) groups is 1. The van der Waals surface area contributed by atoms with Crippen molar-refractivity contribution in [3.8, 4) is 0 Å². The van der Waals surface area contributed by atoms with Crippen LogP contribution in [0.25, 0.3) is 6.08 Å². The molecular weight excluding hydrogens is 428 g/mol. The lowest BCUT2D eigenvalue weighted by Gasteiger charge is -2.13. The van der Waals surface area contributed by atoms with E-state index in [0.717, 1.165) is 11.8 Å². The molecule has 9 nitrogen and oxygen atoms in total. The Morgan fingerprint density at radius 1 is 1.37 bits per heavy atom. The molecule has 0 aliphatic carbocycles. The molecule has 1 aromatic heterocycles. The van der Waals surface area contributed by atoms with E-state index in [-0.39, 0.29) is 31.0 Å². The van der Waals surface area contributed by atoms with Crippen LogP contribution < -0.4 is 5.32 Å². The van der Waals surface area contributed by atoms with E-state index in [4.69, 9.17) is 17.3 Å². The lowest BCUT2D eigenvalue weighted by Crippen LogP contribution is -2.29. The fourth-order valence-electron chi connectivity index (χ4n) is 2.69. The predicted molar refractivity (Wildman–Crippen MR) is 117 cm³/mol. The Labute approximate surface area is 180 Å². The number of thioether (sulfide) groups is 1. The summed E-state index contributed by atoms with van der Waals surface area (Å²) in [5.74, 6) is -0.759. The molecule has 1 fully saturated rings. The van der Waals surface area contributed by atoms with Crippen molar-refractivity contribution in [3.63, 3.8) is 0 Å². The summed E-state index contributed by atoms with van der Waals surface area (Å²) >= 11 is 6.31. The smallest absolute Gasteiger partial charge is 0.303 e. The minimum atomic E-state index is -0.946. The molecule has 11 heteroatoms. The third-order valence-electron chi connectivity index (χ3n) is 4.11. The number of non-ortho nitro benzene ring substituents is 1. The first-order chi connectivity index (χ1) is 14.3. The summed E-state index contributed by atoms with van der Waals surface area (Å²) < 4.78 is 0.321. The number of carbonyl (C=O) groups is 2. The second kappa shape index (κ2) is 9.46. The van der Waals surface area contributed by atoms with Gasteiger partial charge in [0.25, 0.3) is 11.6 Å². The summed E-state index contributed by atoms with van der Waals surface area (Å²) in [6.07, 6.45) is 3.35. The zero-order valence-electron chi connectivity index (χ0n) is 15.5. The lowest BCUT2D eigenvalue weighted by atomic mass is 10.1. The molecule has 2 aromatic rings. The van der Waals surface area contributed by atoms with Gasteiger partial charge in [0.2, 0.25) is 0 Å². The zero-order valence-corrected chi connectivity index (χ0v) is 17.1. The average molecular weight is 444 g/mol. The number of carboxylic acids is 1. The van der Waals surface area contributed by atoms with Gasteiger partial charge in [-0.05, 0) is 30.7 Å². The summed E-state index contributed by atoms with van der Waals surface area (Å²) in [4.78, 5) is 39.9. The first-order valence-electron chi connectivity index (χ1n) is 8.79. The quantitative estimate of drug-likeness (QED) is 0.270. The van der Waals surface area contributed by atoms with Crippen molar-refractivity contribution in [2.45, 2.75) is 12.8 Å². The molecule has 0 saturated carbocycles. The third-order valence-corrected chi connectivity index (χ3v) is 5.48. The fourth-order valence-corrected chi connectivity index (χ4v) is 3.99. The maximum Gasteiger partial charge on any atom is 0.303 e. The summed E-state index contributed by atoms with van der Waals surface area (Å²) in [6, 6.07) is 9.57. The van der Waals surface area contributed by atoms with E-state index >= 15 is 0 Å². The van der Waals surface area contributed by atoms with Crippen LogP contribution >= 0.6 is 24.0 Å². The Hall–Kier alpha value is -3.31. The third kappa shape index (κ3) is 5.19. The van der Waals surface area contributed by atoms with E-state index in [2.05, 4.69) is 10.3 Å². The number of nitro groups is 1. The molecule has 1 amide bonds. The molecule has 0 radical (unpaired) electrons. The van der Waals surface area contributed by atoms with Crippen LogP contribution in [0.2, 0.25) is 0 Å². The number of rotatable bonds is 8. The van der Waals surface area contributed by atoms with Gasteiger partial charge in [-0.25, -0.2) is 4.98 Å². The van der Waals surface area contributed by atoms with E-state index in [0.29, 0.717) is 26.3 Å². The number of amides is 1. The Bertz CT molecular complexity index is 1040. The van der Waals surface area contributed by atoms with Gasteiger partial charge in [0.15, 0.2) is 0 Å². The van der Waals surface area contributed by atoms with E-state index < -0.39 is 10.9 Å². The number of anilines is 2. The number of aromatic nitrogens is 1. The first-order valence-corrected chi connectivity index (χ1v) is 10.0. The number of hydrogen-bond acceptors (Lipinski definition) is 8. The molecule has 0 atom stereocenters. The van der Waals surface area contributed by atoms with Crippen molar-refractivity contribution < 1.29 is 19.6 Å². The van der Waals surface area contributed by atoms with Gasteiger partial charge < -0.3 is 10.4 Å². The maximum atomic E-state index is 12.7. The van der Waals surface area contributed by atoms with Crippen molar-refractivity contribution in [1.82, 2.24) is 9.88 Å². The molecule has 30 heavy (non-hydrogen) atoms. The van der Waals surface area contributed by atoms with Gasteiger partial charge in [0.05, 0.1) is 9.83 Å². The highest BCUT2D eigenvalue weighted by Crippen LogP contribution is 2.35. The fraction of sp³-hybridized carbons (Fsp3) is 0.158. The van der Waals surface area contributed by atoms with Crippen LogP contribution in [0.3, 0.4) is 0 Å². The Kier molecular flexibility index (Phi) is 6.75. The topological polar surface area (TPSA) is 126 Å². The van der Waals surface area contributed by atoms with Crippen molar-refractivity contribution in [2.75, 3.05) is 11.9 Å². The molecule has 0 spiro atoms. The molecule has 1 aromatic carbocycles. The summed E-state index contributed by atoms with van der Waals surface area (Å²) in [5, 5.41) is 23.1. The van der Waals surface area contributed by atoms with E-state index in [1.54, 1.807) is 30.5 Å². The summed E-state index contributed by atoms with van der Waals surface area (Å²) in [7, 11) is 0. The van der Waals surface area contributed by atoms with E-state index in [9.17, 15) is 19.7 Å². The largest absolute Gasteiger partial charge is 0.481 e. The molecule has 0 unspecified atom stereocenters. The zero-order chi connectivity index (χ0) is 21.7.